The van der Waals surface area contributed by atoms with Crippen molar-refractivity contribution < 1.29 is 5.11 Å². The maximum atomic E-state index is 9.97. The topological polar surface area (TPSA) is 23.5 Å². The quantitative estimate of drug-likeness (QED) is 0.902. The Morgan fingerprint density at radius 3 is 2.63 bits per heavy atom. The molecule has 0 spiro atoms. The summed E-state index contributed by atoms with van der Waals surface area (Å²) in [6.45, 7) is 8.88. The summed E-state index contributed by atoms with van der Waals surface area (Å²) in [6, 6.07) is 4.85. The Hall–Kier alpha value is -0.860. The Morgan fingerprint density at radius 2 is 2.00 bits per heavy atom. The number of rotatable bonds is 3. The molecule has 104 valence electrons. The molecular formula is C17H25NO. The average molecular weight is 259 g/mol. The van der Waals surface area contributed by atoms with Crippen LogP contribution >= 0.6 is 0 Å². The Balaban J connectivity index is 1.81. The molecule has 1 aromatic rings. The van der Waals surface area contributed by atoms with Crippen molar-refractivity contribution in [2.75, 3.05) is 13.1 Å². The first-order chi connectivity index (χ1) is 8.92. The summed E-state index contributed by atoms with van der Waals surface area (Å²) in [4.78, 5) is 2.38. The number of benzene rings is 1. The molecule has 2 nitrogen and oxygen atoms in total. The molecule has 0 saturated heterocycles. The molecule has 1 N–H and O–H groups in total. The first-order valence-corrected chi connectivity index (χ1v) is 7.49. The van der Waals surface area contributed by atoms with E-state index in [9.17, 15) is 5.11 Å². The van der Waals surface area contributed by atoms with E-state index in [-0.39, 0.29) is 0 Å². The molecule has 0 amide bonds. The van der Waals surface area contributed by atoms with Gasteiger partial charge in [0.15, 0.2) is 0 Å². The predicted octanol–water partition coefficient (Wildman–Crippen LogP) is 3.00. The zero-order chi connectivity index (χ0) is 13.6. The molecule has 19 heavy (non-hydrogen) atoms. The summed E-state index contributed by atoms with van der Waals surface area (Å²) in [5.41, 5.74) is 5.47. The van der Waals surface area contributed by atoms with E-state index < -0.39 is 5.60 Å². The van der Waals surface area contributed by atoms with Crippen molar-refractivity contribution in [3.8, 4) is 0 Å². The second-order valence-corrected chi connectivity index (χ2v) is 7.02. The van der Waals surface area contributed by atoms with Crippen molar-refractivity contribution >= 4 is 0 Å². The average Bonchev–Trinajstić information content (AvgIpc) is 3.10. The van der Waals surface area contributed by atoms with Crippen molar-refractivity contribution in [3.05, 3.63) is 34.4 Å². The third-order valence-electron chi connectivity index (χ3n) is 4.31. The zero-order valence-corrected chi connectivity index (χ0v) is 12.4. The van der Waals surface area contributed by atoms with E-state index in [4.69, 9.17) is 0 Å². The maximum absolute atomic E-state index is 9.97. The van der Waals surface area contributed by atoms with Crippen molar-refractivity contribution in [3.63, 3.8) is 0 Å². The summed E-state index contributed by atoms with van der Waals surface area (Å²) < 4.78 is 0. The molecule has 2 aliphatic rings. The number of nitrogens with zero attached hydrogens (tertiary/aromatic N) is 1. The lowest BCUT2D eigenvalue weighted by atomic mass is 9.92. The Kier molecular flexibility index (Phi) is 3.18. The molecule has 1 aliphatic carbocycles. The van der Waals surface area contributed by atoms with Crippen LogP contribution in [0.15, 0.2) is 12.1 Å². The molecule has 1 heterocycles. The van der Waals surface area contributed by atoms with E-state index in [1.807, 2.05) is 13.8 Å². The first-order valence-electron chi connectivity index (χ1n) is 7.49. The highest BCUT2D eigenvalue weighted by Gasteiger charge is 2.28. The molecule has 0 aromatic heterocycles. The lowest BCUT2D eigenvalue weighted by molar-refractivity contribution is 0.0317. The fourth-order valence-corrected chi connectivity index (χ4v) is 3.33. The standard InChI is InChI=1S/C17H25NO/c1-12-8-14-6-7-18(11-17(2,3)19)10-15(14)9-16(12)13-4-5-13/h8-9,13,19H,4-7,10-11H2,1-3H3. The van der Waals surface area contributed by atoms with Gasteiger partial charge in [-0.3, -0.25) is 4.90 Å². The Labute approximate surface area is 116 Å². The number of aryl methyl sites for hydroxylation is 1. The third kappa shape index (κ3) is 3.01. The molecule has 3 rings (SSSR count). The van der Waals surface area contributed by atoms with Gasteiger partial charge in [-0.1, -0.05) is 12.1 Å². The molecule has 0 bridgehead atoms. The van der Waals surface area contributed by atoms with Gasteiger partial charge in [-0.25, -0.2) is 0 Å². The van der Waals surface area contributed by atoms with Gasteiger partial charge < -0.3 is 5.11 Å². The number of hydrogen-bond acceptors (Lipinski definition) is 2. The molecule has 1 saturated carbocycles. The normalized spacial score (nSPS) is 20.4. The van der Waals surface area contributed by atoms with Gasteiger partial charge in [0.05, 0.1) is 5.60 Å². The van der Waals surface area contributed by atoms with Crippen LogP contribution in [0.2, 0.25) is 0 Å². The SMILES string of the molecule is Cc1cc2c(cc1C1CC1)CN(CC(C)(C)O)CC2. The third-order valence-corrected chi connectivity index (χ3v) is 4.31. The highest BCUT2D eigenvalue weighted by atomic mass is 16.3. The molecule has 0 radical (unpaired) electrons. The van der Waals surface area contributed by atoms with Crippen LogP contribution in [0.25, 0.3) is 0 Å². The molecule has 2 heteroatoms. The fraction of sp³-hybridized carbons (Fsp3) is 0.647. The van der Waals surface area contributed by atoms with Gasteiger partial charge in [-0.05, 0) is 68.2 Å². The summed E-state index contributed by atoms with van der Waals surface area (Å²) >= 11 is 0. The van der Waals surface area contributed by atoms with Gasteiger partial charge in [-0.15, -0.1) is 0 Å². The number of hydrogen-bond donors (Lipinski definition) is 1. The van der Waals surface area contributed by atoms with Crippen LogP contribution in [-0.4, -0.2) is 28.7 Å². The second-order valence-electron chi connectivity index (χ2n) is 7.02. The van der Waals surface area contributed by atoms with E-state index in [0.29, 0.717) is 0 Å². The minimum absolute atomic E-state index is 0.596. The van der Waals surface area contributed by atoms with Crippen LogP contribution in [0, 0.1) is 6.92 Å². The second kappa shape index (κ2) is 4.60. The van der Waals surface area contributed by atoms with E-state index in [1.165, 1.54) is 29.5 Å². The fourth-order valence-electron chi connectivity index (χ4n) is 3.33. The summed E-state index contributed by atoms with van der Waals surface area (Å²) in [5, 5.41) is 9.97. The van der Waals surface area contributed by atoms with Crippen LogP contribution in [0.4, 0.5) is 0 Å². The van der Waals surface area contributed by atoms with E-state index in [0.717, 1.165) is 32.0 Å². The van der Waals surface area contributed by atoms with Crippen LogP contribution in [0.1, 0.15) is 54.9 Å². The number of β-amino-alcohol motifs (C(OH)–C–C–N with tert-alkyl or cyclic N) is 1. The maximum Gasteiger partial charge on any atom is 0.0718 e. The van der Waals surface area contributed by atoms with Gasteiger partial charge in [0.2, 0.25) is 0 Å². The summed E-state index contributed by atoms with van der Waals surface area (Å²) in [5.74, 6) is 0.829. The first kappa shape index (κ1) is 13.1. The largest absolute Gasteiger partial charge is 0.389 e. The van der Waals surface area contributed by atoms with Gasteiger partial charge in [-0.2, -0.15) is 0 Å². The Bertz CT molecular complexity index is 483. The molecule has 1 aromatic carbocycles. The van der Waals surface area contributed by atoms with Crippen molar-refractivity contribution in [1.82, 2.24) is 4.90 Å². The summed E-state index contributed by atoms with van der Waals surface area (Å²) in [7, 11) is 0. The molecule has 1 fully saturated rings. The number of fused-ring (bicyclic) bond motifs is 1. The summed E-state index contributed by atoms with van der Waals surface area (Å²) in [6.07, 6.45) is 3.86. The minimum atomic E-state index is -0.596. The van der Waals surface area contributed by atoms with Crippen LogP contribution < -0.4 is 0 Å². The molecule has 0 atom stereocenters. The lowest BCUT2D eigenvalue weighted by Crippen LogP contribution is -2.41. The van der Waals surface area contributed by atoms with Crippen molar-refractivity contribution in [1.29, 1.82) is 0 Å². The van der Waals surface area contributed by atoms with Crippen molar-refractivity contribution in [2.24, 2.45) is 0 Å². The monoisotopic (exact) mass is 259 g/mol. The highest BCUT2D eigenvalue weighted by molar-refractivity contribution is 5.42. The molecule has 1 aliphatic heterocycles. The number of aliphatic hydroxyl groups is 1. The Morgan fingerprint density at radius 1 is 1.26 bits per heavy atom. The lowest BCUT2D eigenvalue weighted by Gasteiger charge is -2.33. The van der Waals surface area contributed by atoms with Crippen LogP contribution in [0.3, 0.4) is 0 Å². The van der Waals surface area contributed by atoms with Gasteiger partial charge in [0, 0.05) is 19.6 Å². The zero-order valence-electron chi connectivity index (χ0n) is 12.4. The van der Waals surface area contributed by atoms with Gasteiger partial charge in [0.1, 0.15) is 0 Å². The predicted molar refractivity (Wildman–Crippen MR) is 78.4 cm³/mol. The molecule has 0 unspecified atom stereocenters. The van der Waals surface area contributed by atoms with E-state index in [2.05, 4.69) is 24.0 Å². The molecular weight excluding hydrogens is 234 g/mol. The minimum Gasteiger partial charge on any atom is -0.389 e. The van der Waals surface area contributed by atoms with Crippen LogP contribution in [-0.2, 0) is 13.0 Å². The van der Waals surface area contributed by atoms with Crippen molar-refractivity contribution in [2.45, 2.75) is 58.1 Å². The van der Waals surface area contributed by atoms with Gasteiger partial charge >= 0.3 is 0 Å². The highest BCUT2D eigenvalue weighted by Crippen LogP contribution is 2.42. The van der Waals surface area contributed by atoms with E-state index in [1.54, 1.807) is 5.56 Å². The van der Waals surface area contributed by atoms with E-state index >= 15 is 0 Å². The smallest absolute Gasteiger partial charge is 0.0718 e. The van der Waals surface area contributed by atoms with Gasteiger partial charge in [0.25, 0.3) is 0 Å². The van der Waals surface area contributed by atoms with Crippen LogP contribution in [0.5, 0.6) is 0 Å².